The van der Waals surface area contributed by atoms with E-state index >= 15 is 0 Å². The van der Waals surface area contributed by atoms with Crippen LogP contribution in [0.5, 0.6) is 5.75 Å². The van der Waals surface area contributed by atoms with Gasteiger partial charge in [-0.1, -0.05) is 54.6 Å². The molecule has 0 unspecified atom stereocenters. The lowest BCUT2D eigenvalue weighted by Gasteiger charge is -2.26. The molecule has 0 spiro atoms. The number of ether oxygens (including phenoxy) is 1. The van der Waals surface area contributed by atoms with Crippen LogP contribution >= 0.6 is 12.2 Å². The first kappa shape index (κ1) is 22.6. The Hall–Kier alpha value is -3.64. The Kier molecular flexibility index (Phi) is 7.05. The number of pyridine rings is 1. The highest BCUT2D eigenvalue weighted by Crippen LogP contribution is 2.17. The van der Waals surface area contributed by atoms with E-state index in [1.54, 1.807) is 7.11 Å². The molecule has 0 fully saturated rings. The number of fused-ring (bicyclic) bond motifs is 1. The Morgan fingerprint density at radius 1 is 0.970 bits per heavy atom. The fraction of sp³-hybridized carbons (Fsp3) is 0.185. The third kappa shape index (κ3) is 5.79. The van der Waals surface area contributed by atoms with Gasteiger partial charge >= 0.3 is 0 Å². The van der Waals surface area contributed by atoms with Crippen molar-refractivity contribution >= 4 is 28.2 Å². The molecule has 5 nitrogen and oxygen atoms in total. The van der Waals surface area contributed by atoms with Gasteiger partial charge in [0, 0.05) is 24.2 Å². The van der Waals surface area contributed by atoms with Gasteiger partial charge in [0.25, 0.3) is 5.56 Å². The standard InChI is InChI=1S/C27H27N3O2S/c1-19-8-11-22-15-23(26(31)29-25(22)14-19)18-30(17-21-9-12-24(32-2)13-10-21)27(33)28-16-20-6-4-3-5-7-20/h3-15H,16-18H2,1-2H3,(H,28,33)(H,29,31). The molecule has 33 heavy (non-hydrogen) atoms. The van der Waals surface area contributed by atoms with Crippen LogP contribution in [0, 0.1) is 6.92 Å². The summed E-state index contributed by atoms with van der Waals surface area (Å²) >= 11 is 5.76. The fourth-order valence-electron chi connectivity index (χ4n) is 3.72. The maximum absolute atomic E-state index is 12.9. The minimum Gasteiger partial charge on any atom is -0.497 e. The quantitative estimate of drug-likeness (QED) is 0.386. The van der Waals surface area contributed by atoms with E-state index in [1.807, 2.05) is 78.6 Å². The molecule has 0 saturated heterocycles. The van der Waals surface area contributed by atoms with Crippen LogP contribution in [-0.2, 0) is 19.6 Å². The number of methoxy groups -OCH3 is 1. The number of nitrogens with one attached hydrogen (secondary N) is 2. The Morgan fingerprint density at radius 2 is 1.73 bits per heavy atom. The molecule has 1 heterocycles. The zero-order chi connectivity index (χ0) is 23.2. The van der Waals surface area contributed by atoms with E-state index in [0.717, 1.165) is 33.3 Å². The number of hydrogen-bond acceptors (Lipinski definition) is 3. The minimum absolute atomic E-state index is 0.0984. The monoisotopic (exact) mass is 457 g/mol. The van der Waals surface area contributed by atoms with Gasteiger partial charge in [0.2, 0.25) is 0 Å². The molecule has 4 rings (SSSR count). The lowest BCUT2D eigenvalue weighted by Crippen LogP contribution is -2.39. The Morgan fingerprint density at radius 3 is 2.45 bits per heavy atom. The largest absolute Gasteiger partial charge is 0.497 e. The first-order valence-corrected chi connectivity index (χ1v) is 11.2. The van der Waals surface area contributed by atoms with Crippen LogP contribution in [0.3, 0.4) is 0 Å². The SMILES string of the molecule is COc1ccc(CN(Cc2cc3ccc(C)cc3[nH]c2=O)C(=S)NCc2ccccc2)cc1. The van der Waals surface area contributed by atoms with Gasteiger partial charge in [0.15, 0.2) is 5.11 Å². The maximum atomic E-state index is 12.9. The van der Waals surface area contributed by atoms with E-state index in [4.69, 9.17) is 17.0 Å². The normalized spacial score (nSPS) is 10.7. The summed E-state index contributed by atoms with van der Waals surface area (Å²) in [6, 6.07) is 26.0. The van der Waals surface area contributed by atoms with Crippen LogP contribution in [0.25, 0.3) is 10.9 Å². The van der Waals surface area contributed by atoms with E-state index in [0.29, 0.717) is 30.3 Å². The second kappa shape index (κ2) is 10.3. The number of rotatable bonds is 7. The molecule has 2 N–H and O–H groups in total. The van der Waals surface area contributed by atoms with Crippen LogP contribution in [0.15, 0.2) is 83.7 Å². The van der Waals surface area contributed by atoms with Gasteiger partial charge < -0.3 is 19.9 Å². The van der Waals surface area contributed by atoms with Gasteiger partial charge in [0.1, 0.15) is 5.75 Å². The van der Waals surface area contributed by atoms with Gasteiger partial charge in [-0.05, 0) is 65.5 Å². The molecule has 0 aliphatic heterocycles. The fourth-order valence-corrected chi connectivity index (χ4v) is 3.92. The van der Waals surface area contributed by atoms with Crippen LogP contribution in [-0.4, -0.2) is 22.1 Å². The number of H-pyrrole nitrogens is 1. The number of aromatic nitrogens is 1. The molecule has 4 aromatic rings. The zero-order valence-electron chi connectivity index (χ0n) is 18.8. The average molecular weight is 458 g/mol. The topological polar surface area (TPSA) is 57.4 Å². The van der Waals surface area contributed by atoms with Gasteiger partial charge in [-0.2, -0.15) is 0 Å². The smallest absolute Gasteiger partial charge is 0.253 e. The van der Waals surface area contributed by atoms with Gasteiger partial charge in [0.05, 0.1) is 13.7 Å². The second-order valence-electron chi connectivity index (χ2n) is 8.06. The minimum atomic E-state index is -0.0984. The van der Waals surface area contributed by atoms with Crippen molar-refractivity contribution < 1.29 is 4.74 Å². The molecule has 0 saturated carbocycles. The van der Waals surface area contributed by atoms with Crippen LogP contribution in [0.2, 0.25) is 0 Å². The van der Waals surface area contributed by atoms with Crippen molar-refractivity contribution in [1.29, 1.82) is 0 Å². The molecule has 168 valence electrons. The van der Waals surface area contributed by atoms with Gasteiger partial charge in [-0.25, -0.2) is 0 Å². The van der Waals surface area contributed by atoms with Crippen molar-refractivity contribution in [1.82, 2.24) is 15.2 Å². The van der Waals surface area contributed by atoms with E-state index in [9.17, 15) is 4.79 Å². The van der Waals surface area contributed by atoms with Crippen molar-refractivity contribution in [3.05, 3.63) is 111 Å². The highest BCUT2D eigenvalue weighted by molar-refractivity contribution is 7.80. The molecular formula is C27H27N3O2S. The molecule has 0 amide bonds. The molecule has 0 aliphatic rings. The van der Waals surface area contributed by atoms with Crippen molar-refractivity contribution in [2.24, 2.45) is 0 Å². The Labute approximate surface area is 199 Å². The molecule has 0 aliphatic carbocycles. The lowest BCUT2D eigenvalue weighted by atomic mass is 10.1. The third-order valence-corrected chi connectivity index (χ3v) is 5.95. The molecule has 6 heteroatoms. The van der Waals surface area contributed by atoms with Crippen LogP contribution < -0.4 is 15.6 Å². The highest BCUT2D eigenvalue weighted by Gasteiger charge is 2.14. The van der Waals surface area contributed by atoms with Gasteiger partial charge in [-0.3, -0.25) is 4.79 Å². The lowest BCUT2D eigenvalue weighted by molar-refractivity contribution is 0.395. The Bertz CT molecular complexity index is 1300. The first-order valence-electron chi connectivity index (χ1n) is 10.8. The summed E-state index contributed by atoms with van der Waals surface area (Å²) in [6.45, 7) is 3.59. The number of aryl methyl sites for hydroxylation is 1. The maximum Gasteiger partial charge on any atom is 0.253 e. The predicted molar refractivity (Wildman–Crippen MR) is 137 cm³/mol. The molecule has 0 bridgehead atoms. The summed E-state index contributed by atoms with van der Waals surface area (Å²) in [7, 11) is 1.65. The zero-order valence-corrected chi connectivity index (χ0v) is 19.6. The highest BCUT2D eigenvalue weighted by atomic mass is 32.1. The summed E-state index contributed by atoms with van der Waals surface area (Å²) < 4.78 is 5.27. The second-order valence-corrected chi connectivity index (χ2v) is 8.45. The van der Waals surface area contributed by atoms with Crippen molar-refractivity contribution in [3.63, 3.8) is 0 Å². The molecule has 0 atom stereocenters. The number of thiocarbonyl (C=S) groups is 1. The molecular weight excluding hydrogens is 430 g/mol. The molecule has 1 aromatic heterocycles. The summed E-state index contributed by atoms with van der Waals surface area (Å²) in [5, 5.41) is 4.94. The number of hydrogen-bond donors (Lipinski definition) is 2. The van der Waals surface area contributed by atoms with E-state index in [-0.39, 0.29) is 5.56 Å². The summed E-state index contributed by atoms with van der Waals surface area (Å²) in [5.41, 5.74) is 4.74. The number of benzene rings is 3. The van der Waals surface area contributed by atoms with Gasteiger partial charge in [-0.15, -0.1) is 0 Å². The van der Waals surface area contributed by atoms with E-state index in [1.165, 1.54) is 0 Å². The summed E-state index contributed by atoms with van der Waals surface area (Å²) in [4.78, 5) is 17.9. The third-order valence-electron chi connectivity index (χ3n) is 5.55. The molecule has 0 radical (unpaired) electrons. The van der Waals surface area contributed by atoms with E-state index in [2.05, 4.69) is 22.4 Å². The Balaban J connectivity index is 1.59. The van der Waals surface area contributed by atoms with Crippen LogP contribution in [0.4, 0.5) is 0 Å². The van der Waals surface area contributed by atoms with Crippen molar-refractivity contribution in [3.8, 4) is 5.75 Å². The first-order chi connectivity index (χ1) is 16.0. The molecule has 3 aromatic carbocycles. The average Bonchev–Trinajstić information content (AvgIpc) is 2.83. The van der Waals surface area contributed by atoms with Crippen molar-refractivity contribution in [2.75, 3.05) is 7.11 Å². The van der Waals surface area contributed by atoms with E-state index < -0.39 is 0 Å². The number of nitrogens with zero attached hydrogens (tertiary/aromatic N) is 1. The predicted octanol–water partition coefficient (Wildman–Crippen LogP) is 4.92. The van der Waals surface area contributed by atoms with Crippen LogP contribution in [0.1, 0.15) is 22.3 Å². The summed E-state index contributed by atoms with van der Waals surface area (Å²) in [5.74, 6) is 0.802. The summed E-state index contributed by atoms with van der Waals surface area (Å²) in [6.07, 6.45) is 0. The van der Waals surface area contributed by atoms with Crippen molar-refractivity contribution in [2.45, 2.75) is 26.6 Å². The number of aromatic amines is 1.